The molecule has 0 bridgehead atoms. The predicted molar refractivity (Wildman–Crippen MR) is 87.0 cm³/mol. The van der Waals surface area contributed by atoms with E-state index in [0.717, 1.165) is 14.7 Å². The van der Waals surface area contributed by atoms with E-state index < -0.39 is 5.97 Å². The van der Waals surface area contributed by atoms with E-state index in [0.29, 0.717) is 0 Å². The van der Waals surface area contributed by atoms with Crippen molar-refractivity contribution in [2.24, 2.45) is 0 Å². The van der Waals surface area contributed by atoms with Crippen LogP contribution in [0.15, 0.2) is 54.6 Å². The van der Waals surface area contributed by atoms with Gasteiger partial charge in [-0.3, -0.25) is 0 Å². The topological polar surface area (TPSA) is 26.3 Å². The maximum atomic E-state index is 11.7. The highest BCUT2D eigenvalue weighted by atomic mass is 127. The standard InChI is InChI=1S/C17H13IO2/c1-13(15-9-5-6-10-16(15)18)20-17(19)12-11-14-7-3-2-4-8-14/h2-10,13H,1H3. The van der Waals surface area contributed by atoms with E-state index in [2.05, 4.69) is 34.4 Å². The smallest absolute Gasteiger partial charge is 0.385 e. The highest BCUT2D eigenvalue weighted by Crippen LogP contribution is 2.22. The highest BCUT2D eigenvalue weighted by molar-refractivity contribution is 14.1. The molecule has 2 rings (SSSR count). The lowest BCUT2D eigenvalue weighted by atomic mass is 10.1. The zero-order chi connectivity index (χ0) is 14.4. The van der Waals surface area contributed by atoms with Crippen LogP contribution in [-0.4, -0.2) is 5.97 Å². The molecule has 0 aliphatic carbocycles. The summed E-state index contributed by atoms with van der Waals surface area (Å²) in [6.07, 6.45) is -0.305. The number of halogens is 1. The van der Waals surface area contributed by atoms with Crippen LogP contribution in [-0.2, 0) is 9.53 Å². The van der Waals surface area contributed by atoms with Crippen molar-refractivity contribution in [3.05, 3.63) is 69.3 Å². The third kappa shape index (κ3) is 4.10. The molecule has 0 aromatic heterocycles. The van der Waals surface area contributed by atoms with Crippen molar-refractivity contribution in [3.8, 4) is 11.8 Å². The second-order valence-corrected chi connectivity index (χ2v) is 5.35. The van der Waals surface area contributed by atoms with Crippen LogP contribution in [0.1, 0.15) is 24.2 Å². The normalized spacial score (nSPS) is 11.1. The van der Waals surface area contributed by atoms with Crippen LogP contribution in [0.5, 0.6) is 0 Å². The van der Waals surface area contributed by atoms with Crippen LogP contribution in [0.2, 0.25) is 0 Å². The van der Waals surface area contributed by atoms with Crippen LogP contribution in [0.4, 0.5) is 0 Å². The largest absolute Gasteiger partial charge is 0.448 e. The molecule has 0 saturated carbocycles. The minimum atomic E-state index is -0.513. The number of hydrogen-bond donors (Lipinski definition) is 0. The van der Waals surface area contributed by atoms with Crippen molar-refractivity contribution in [3.63, 3.8) is 0 Å². The minimum absolute atomic E-state index is 0.305. The summed E-state index contributed by atoms with van der Waals surface area (Å²) >= 11 is 2.23. The molecule has 0 N–H and O–H groups in total. The molecule has 0 amide bonds. The van der Waals surface area contributed by atoms with Crippen molar-refractivity contribution in [1.29, 1.82) is 0 Å². The Hall–Kier alpha value is -1.80. The molecule has 0 saturated heterocycles. The van der Waals surface area contributed by atoms with Gasteiger partial charge in [0.25, 0.3) is 0 Å². The number of esters is 1. The Bertz CT molecular complexity index is 653. The van der Waals surface area contributed by atoms with Gasteiger partial charge in [-0.05, 0) is 47.7 Å². The SMILES string of the molecule is CC(OC(=O)C#Cc1ccccc1)c1ccccc1I. The van der Waals surface area contributed by atoms with Gasteiger partial charge in [-0.25, -0.2) is 4.79 Å². The van der Waals surface area contributed by atoms with E-state index in [1.54, 1.807) is 0 Å². The van der Waals surface area contributed by atoms with Crippen LogP contribution in [0.3, 0.4) is 0 Å². The number of carbonyl (C=O) groups is 1. The van der Waals surface area contributed by atoms with Crippen molar-refractivity contribution in [2.75, 3.05) is 0 Å². The summed E-state index contributed by atoms with van der Waals surface area (Å²) in [6.45, 7) is 1.85. The quantitative estimate of drug-likeness (QED) is 0.451. The Labute approximate surface area is 132 Å². The maximum Gasteiger partial charge on any atom is 0.385 e. The summed E-state index contributed by atoms with van der Waals surface area (Å²) in [6, 6.07) is 17.2. The summed E-state index contributed by atoms with van der Waals surface area (Å²) in [5.41, 5.74) is 1.79. The second kappa shape index (κ2) is 7.11. The fraction of sp³-hybridized carbons (Fsp3) is 0.118. The molecule has 0 heterocycles. The lowest BCUT2D eigenvalue weighted by Crippen LogP contribution is -2.07. The van der Waals surface area contributed by atoms with Gasteiger partial charge in [0.1, 0.15) is 6.10 Å². The number of carbonyl (C=O) groups excluding carboxylic acids is 1. The summed E-state index contributed by atoms with van der Waals surface area (Å²) in [5.74, 6) is 4.78. The first kappa shape index (κ1) is 14.6. The van der Waals surface area contributed by atoms with Gasteiger partial charge >= 0.3 is 5.97 Å². The Morgan fingerprint density at radius 3 is 2.45 bits per heavy atom. The third-order valence-corrected chi connectivity index (χ3v) is 3.69. The maximum absolute atomic E-state index is 11.7. The molecular formula is C17H13IO2. The van der Waals surface area contributed by atoms with E-state index in [-0.39, 0.29) is 6.10 Å². The fourth-order valence-corrected chi connectivity index (χ4v) is 2.53. The molecule has 0 spiro atoms. The predicted octanol–water partition coefficient (Wildman–Crippen LogP) is 3.95. The van der Waals surface area contributed by atoms with Gasteiger partial charge in [-0.1, -0.05) is 42.3 Å². The second-order valence-electron chi connectivity index (χ2n) is 4.19. The molecule has 2 aromatic rings. The summed E-state index contributed by atoms with van der Waals surface area (Å²) in [4.78, 5) is 11.7. The summed E-state index contributed by atoms with van der Waals surface area (Å²) in [5, 5.41) is 0. The van der Waals surface area contributed by atoms with E-state index in [1.165, 1.54) is 0 Å². The number of benzene rings is 2. The van der Waals surface area contributed by atoms with E-state index in [9.17, 15) is 4.79 Å². The first-order chi connectivity index (χ1) is 9.66. The van der Waals surface area contributed by atoms with Crippen molar-refractivity contribution >= 4 is 28.6 Å². The lowest BCUT2D eigenvalue weighted by Gasteiger charge is -2.12. The molecule has 2 aromatic carbocycles. The fourth-order valence-electron chi connectivity index (χ4n) is 1.70. The first-order valence-corrected chi connectivity index (χ1v) is 7.27. The zero-order valence-electron chi connectivity index (χ0n) is 11.0. The van der Waals surface area contributed by atoms with Gasteiger partial charge in [-0.15, -0.1) is 0 Å². The third-order valence-electron chi connectivity index (χ3n) is 2.71. The minimum Gasteiger partial charge on any atom is -0.448 e. The Kier molecular flexibility index (Phi) is 5.19. The molecule has 3 heteroatoms. The lowest BCUT2D eigenvalue weighted by molar-refractivity contribution is -0.141. The molecule has 20 heavy (non-hydrogen) atoms. The number of ether oxygens (including phenoxy) is 1. The zero-order valence-corrected chi connectivity index (χ0v) is 13.1. The molecular weight excluding hydrogens is 363 g/mol. The summed E-state index contributed by atoms with van der Waals surface area (Å²) in [7, 11) is 0. The highest BCUT2D eigenvalue weighted by Gasteiger charge is 2.12. The van der Waals surface area contributed by atoms with Crippen LogP contribution in [0.25, 0.3) is 0 Å². The molecule has 0 aliphatic heterocycles. The van der Waals surface area contributed by atoms with E-state index in [1.807, 2.05) is 61.5 Å². The molecule has 1 atom stereocenters. The molecule has 0 radical (unpaired) electrons. The molecule has 0 aliphatic rings. The van der Waals surface area contributed by atoms with Gasteiger partial charge in [-0.2, -0.15) is 0 Å². The van der Waals surface area contributed by atoms with Crippen LogP contribution < -0.4 is 0 Å². The molecule has 1 unspecified atom stereocenters. The summed E-state index contributed by atoms with van der Waals surface area (Å²) < 4.78 is 6.39. The average Bonchev–Trinajstić information content (AvgIpc) is 2.46. The molecule has 2 nitrogen and oxygen atoms in total. The Balaban J connectivity index is 2.02. The van der Waals surface area contributed by atoms with Gasteiger partial charge in [0, 0.05) is 20.6 Å². The van der Waals surface area contributed by atoms with Gasteiger partial charge in [0.2, 0.25) is 0 Å². The van der Waals surface area contributed by atoms with Crippen molar-refractivity contribution < 1.29 is 9.53 Å². The first-order valence-electron chi connectivity index (χ1n) is 6.19. The Morgan fingerprint density at radius 1 is 1.10 bits per heavy atom. The molecule has 100 valence electrons. The van der Waals surface area contributed by atoms with E-state index in [4.69, 9.17) is 4.74 Å². The van der Waals surface area contributed by atoms with E-state index >= 15 is 0 Å². The van der Waals surface area contributed by atoms with Gasteiger partial charge in [0.05, 0.1) is 0 Å². The monoisotopic (exact) mass is 376 g/mol. The van der Waals surface area contributed by atoms with Crippen LogP contribution in [0, 0.1) is 15.4 Å². The number of rotatable bonds is 2. The van der Waals surface area contributed by atoms with Gasteiger partial charge in [0.15, 0.2) is 0 Å². The Morgan fingerprint density at radius 2 is 1.75 bits per heavy atom. The van der Waals surface area contributed by atoms with Crippen molar-refractivity contribution in [2.45, 2.75) is 13.0 Å². The average molecular weight is 376 g/mol. The molecule has 0 fully saturated rings. The van der Waals surface area contributed by atoms with Crippen LogP contribution >= 0.6 is 22.6 Å². The van der Waals surface area contributed by atoms with Gasteiger partial charge < -0.3 is 4.74 Å². The number of hydrogen-bond acceptors (Lipinski definition) is 2. The van der Waals surface area contributed by atoms with Crippen molar-refractivity contribution in [1.82, 2.24) is 0 Å².